The lowest BCUT2D eigenvalue weighted by Crippen LogP contribution is -2.12. The summed E-state index contributed by atoms with van der Waals surface area (Å²) in [6, 6.07) is 70.3. The van der Waals surface area contributed by atoms with Crippen LogP contribution in [0.1, 0.15) is 13.7 Å². The first-order valence-corrected chi connectivity index (χ1v) is 31.3. The number of thiophene rings is 2. The summed E-state index contributed by atoms with van der Waals surface area (Å²) >= 11 is 3.41. The number of hydrogen-bond acceptors (Lipinski definition) is 5. The monoisotopic (exact) mass is 1200 g/mol. The van der Waals surface area contributed by atoms with Crippen molar-refractivity contribution in [3.63, 3.8) is 0 Å². The van der Waals surface area contributed by atoms with Gasteiger partial charge in [-0.3, -0.25) is 0 Å². The van der Waals surface area contributed by atoms with Crippen molar-refractivity contribution in [1.29, 1.82) is 0 Å². The third kappa shape index (κ3) is 7.74. The average molecular weight is 1200 g/mol. The molecule has 0 unspecified atom stereocenters. The van der Waals surface area contributed by atoms with E-state index in [2.05, 4.69) is 170 Å². The highest BCUT2D eigenvalue weighted by Crippen LogP contribution is 2.53. The molecular weight excluding hydrogens is 1150 g/mol. The molecule has 0 amide bonds. The molecule has 0 aliphatic rings. The Hall–Kier alpha value is -11.8. The van der Waals surface area contributed by atoms with E-state index < -0.39 is 83.2 Å². The lowest BCUT2D eigenvalue weighted by Gasteiger charge is -2.26. The van der Waals surface area contributed by atoms with Crippen LogP contribution >= 0.6 is 22.7 Å². The van der Waals surface area contributed by atoms with Crippen LogP contribution < -0.4 is 0 Å². The Morgan fingerprint density at radius 3 is 1.22 bits per heavy atom. The van der Waals surface area contributed by atoms with Gasteiger partial charge in [0.25, 0.3) is 0 Å². The van der Waals surface area contributed by atoms with Crippen LogP contribution in [0.3, 0.4) is 0 Å². The molecule has 19 rings (SSSR count). The summed E-state index contributed by atoms with van der Waals surface area (Å²) in [6.07, 6.45) is 0. The quantitative estimate of drug-likeness (QED) is 0.142. The zero-order valence-corrected chi connectivity index (χ0v) is 49.4. The lowest BCUT2D eigenvalue weighted by atomic mass is 10.0. The summed E-state index contributed by atoms with van der Waals surface area (Å²) in [6.45, 7) is 9.85. The number of fused-ring (bicyclic) bond motifs is 17. The summed E-state index contributed by atoms with van der Waals surface area (Å²) < 4.78 is 102. The molecule has 0 saturated carbocycles. The van der Waals surface area contributed by atoms with E-state index in [-0.39, 0.29) is 17.1 Å². The Labute approximate surface area is 543 Å². The second kappa shape index (κ2) is 20.1. The van der Waals surface area contributed by atoms with E-state index >= 15 is 0 Å². The van der Waals surface area contributed by atoms with Crippen LogP contribution in [-0.4, -0.2) is 28.7 Å². The van der Waals surface area contributed by atoms with E-state index in [1.165, 1.54) is 0 Å². The van der Waals surface area contributed by atoms with E-state index in [9.17, 15) is 12.1 Å². The molecule has 6 aromatic heterocycles. The van der Waals surface area contributed by atoms with E-state index in [1.54, 1.807) is 28.7 Å². The predicted octanol–water partition coefficient (Wildman–Crippen LogP) is 22.8. The smallest absolute Gasteiger partial charge is 0.213 e. The minimum absolute atomic E-state index is 0.121. The van der Waals surface area contributed by atoms with Crippen LogP contribution in [0.25, 0.3) is 184 Å². The number of rotatable bonds is 8. The highest BCUT2D eigenvalue weighted by Gasteiger charge is 2.33. The molecule has 0 N–H and O–H groups in total. The molecule has 9 heteroatoms. The van der Waals surface area contributed by atoms with Gasteiger partial charge in [0.05, 0.1) is 70.4 Å². The Morgan fingerprint density at radius 2 is 0.725 bits per heavy atom. The molecule has 19 aromatic rings. The first kappa shape index (κ1) is 42.1. The number of para-hydroxylation sites is 2. The maximum absolute atomic E-state index is 9.85. The molecule has 6 heterocycles. The Morgan fingerprint density at radius 1 is 0.319 bits per heavy atom. The fraction of sp³-hybridized carbons (Fsp3) is 0. The molecule has 0 atom stereocenters. The molecule has 0 spiro atoms. The third-order valence-electron chi connectivity index (χ3n) is 17.7. The molecule has 0 fully saturated rings. The first-order valence-electron chi connectivity index (χ1n) is 34.6. The van der Waals surface area contributed by atoms with E-state index in [0.29, 0.717) is 17.1 Å². The normalized spacial score (nSPS) is 13.5. The van der Waals surface area contributed by atoms with Crippen molar-refractivity contribution >= 4 is 134 Å². The van der Waals surface area contributed by atoms with Gasteiger partial charge in [0.2, 0.25) is 5.69 Å². The van der Waals surface area contributed by atoms with Crippen LogP contribution in [0.5, 0.6) is 0 Å². The van der Waals surface area contributed by atoms with Crippen molar-refractivity contribution < 1.29 is 13.7 Å². The number of benzene rings is 13. The van der Waals surface area contributed by atoms with E-state index in [4.69, 9.17) is 23.2 Å². The Balaban J connectivity index is 1.08. The second-order valence-corrected chi connectivity index (χ2v) is 24.6. The van der Waals surface area contributed by atoms with Crippen molar-refractivity contribution in [2.75, 3.05) is 0 Å². The van der Waals surface area contributed by atoms with Gasteiger partial charge in [0.15, 0.2) is 17.5 Å². The number of aromatic nitrogens is 6. The van der Waals surface area contributed by atoms with Crippen LogP contribution in [0, 0.1) is 6.57 Å². The predicted molar refractivity (Wildman–Crippen MR) is 382 cm³/mol. The second-order valence-electron chi connectivity index (χ2n) is 22.5. The lowest BCUT2D eigenvalue weighted by molar-refractivity contribution is 1.04. The summed E-state index contributed by atoms with van der Waals surface area (Å²) in [5.74, 6) is -1.10. The average Bonchev–Trinajstić information content (AvgIpc) is 1.56. The molecule has 0 saturated heterocycles. The van der Waals surface area contributed by atoms with E-state index in [1.807, 2.05) is 66.7 Å². The summed E-state index contributed by atoms with van der Waals surface area (Å²) in [5, 5.41) is 9.89. The molecule has 91 heavy (non-hydrogen) atoms. The topological polar surface area (TPSA) is 57.8 Å². The molecule has 422 valence electrons. The van der Waals surface area contributed by atoms with Crippen LogP contribution in [0.2, 0.25) is 0 Å². The number of hydrogen-bond donors (Lipinski definition) is 0. The first-order chi connectivity index (χ1) is 49.3. The Bertz CT molecular complexity index is 6730. The fourth-order valence-electron chi connectivity index (χ4n) is 13.8. The minimum Gasteiger partial charge on any atom is -0.317 e. The van der Waals surface area contributed by atoms with Gasteiger partial charge in [-0.25, -0.2) is 19.8 Å². The zero-order chi connectivity index (χ0) is 68.5. The maximum Gasteiger partial charge on any atom is 0.213 e. The summed E-state index contributed by atoms with van der Waals surface area (Å²) in [4.78, 5) is 20.0. The van der Waals surface area contributed by atoms with Gasteiger partial charge in [0, 0.05) is 89.4 Å². The van der Waals surface area contributed by atoms with Gasteiger partial charge in [-0.15, -0.1) is 22.7 Å². The van der Waals surface area contributed by atoms with Crippen molar-refractivity contribution in [2.45, 2.75) is 0 Å². The van der Waals surface area contributed by atoms with Gasteiger partial charge < -0.3 is 13.7 Å². The number of nitrogens with zero attached hydrogens (tertiary/aromatic N) is 7. The molecule has 7 nitrogen and oxygen atoms in total. The van der Waals surface area contributed by atoms with Crippen molar-refractivity contribution in [1.82, 2.24) is 28.7 Å². The molecule has 13 aromatic carbocycles. The van der Waals surface area contributed by atoms with Gasteiger partial charge in [-0.1, -0.05) is 218 Å². The van der Waals surface area contributed by atoms with Gasteiger partial charge in [-0.05, 0) is 89.0 Å². The third-order valence-corrected chi connectivity index (χ3v) is 20.1. The highest BCUT2D eigenvalue weighted by atomic mass is 32.1. The van der Waals surface area contributed by atoms with Crippen molar-refractivity contribution in [3.8, 4) is 73.5 Å². The van der Waals surface area contributed by atoms with Crippen molar-refractivity contribution in [3.05, 3.63) is 296 Å². The Kier molecular flexibility index (Phi) is 9.32. The van der Waals surface area contributed by atoms with Crippen LogP contribution in [-0.2, 0) is 0 Å². The highest BCUT2D eigenvalue weighted by molar-refractivity contribution is 7.27. The summed E-state index contributed by atoms with van der Waals surface area (Å²) in [7, 11) is 0. The minimum atomic E-state index is -0.677. The van der Waals surface area contributed by atoms with Gasteiger partial charge >= 0.3 is 0 Å². The maximum atomic E-state index is 9.85. The van der Waals surface area contributed by atoms with Crippen LogP contribution in [0.4, 0.5) is 5.69 Å². The van der Waals surface area contributed by atoms with E-state index in [0.717, 1.165) is 128 Å². The van der Waals surface area contributed by atoms with Gasteiger partial charge in [-0.2, -0.15) is 0 Å². The van der Waals surface area contributed by atoms with Gasteiger partial charge in [0.1, 0.15) is 0 Å². The van der Waals surface area contributed by atoms with Crippen LogP contribution in [0.15, 0.2) is 285 Å². The van der Waals surface area contributed by atoms with Crippen molar-refractivity contribution in [2.24, 2.45) is 0 Å². The molecule has 0 bridgehead atoms. The zero-order valence-electron chi connectivity index (χ0n) is 57.8. The summed E-state index contributed by atoms with van der Waals surface area (Å²) in [5.41, 5.74) is 9.46. The molecular formula is C82H47N7S2. The molecule has 0 aliphatic carbocycles. The fourth-order valence-corrected chi connectivity index (χ4v) is 16.3. The molecule has 0 aliphatic heterocycles. The largest absolute Gasteiger partial charge is 0.317 e. The standard InChI is InChI=1S/C82H47N7S2/c1-83-64-48-63(82-85-80(51-26-10-4-11-27-51)84-81(86-82)52-28-12-5-13-29-52)75(88-67-42-38-53(49-22-6-2-7-23-49)46-61(67)73-69(88)44-40-59-57-32-16-20-36-71(57)90-78(59)73)77(87-65-34-18-14-30-55(65)56-31-15-19-35-66(56)87)76(64)89-68-43-39-54(50-24-8-3-9-25-50)47-62(68)74-70(89)45-41-60-58-33-17-21-37-72(58)91-79(60)74/h2-48H/i4D,5D,10D,11D,12D,13D,26D,27D,28D,29D. The molecule has 0 radical (unpaired) electrons. The SMILES string of the molecule is [2H]c1c([2H])c([2H])c(-c2nc(-c3cc([N+]#[C-])c(-n4c5ccc(-c6ccccc6)cc5c5c6sc7ccccc7c6ccc54)c(-n4c5ccccc5c5ccccc54)c3-n3c4ccc(-c5ccccc5)cc4c4c5sc6ccccc6c5ccc43)nc(-c3c([2H])c([2H])c([2H])c([2H])c3[2H])n2)c([2H])c1[2H].